The number of anilines is 3. The molecular weight excluding hydrogens is 350 g/mol. The van der Waals surface area contributed by atoms with Gasteiger partial charge in [-0.1, -0.05) is 11.6 Å². The summed E-state index contributed by atoms with van der Waals surface area (Å²) in [7, 11) is 0. The van der Waals surface area contributed by atoms with E-state index >= 15 is 0 Å². The van der Waals surface area contributed by atoms with Gasteiger partial charge in [0.15, 0.2) is 0 Å². The van der Waals surface area contributed by atoms with Gasteiger partial charge in [-0.05, 0) is 31.2 Å². The van der Waals surface area contributed by atoms with E-state index in [1.165, 1.54) is 6.20 Å². The minimum Gasteiger partial charge on any atom is -0.369 e. The topological polar surface area (TPSA) is 75.9 Å². The van der Waals surface area contributed by atoms with Crippen LogP contribution in [0.25, 0.3) is 0 Å². The van der Waals surface area contributed by atoms with Gasteiger partial charge in [0.05, 0.1) is 11.8 Å². The lowest BCUT2D eigenvalue weighted by molar-refractivity contribution is -0.139. The van der Waals surface area contributed by atoms with Crippen LogP contribution in [-0.4, -0.2) is 23.1 Å². The fourth-order valence-electron chi connectivity index (χ4n) is 1.81. The van der Waals surface area contributed by atoms with Crippen molar-refractivity contribution in [3.05, 3.63) is 40.8 Å². The number of nitrogens with two attached hydrogens (primary N) is 1. The Balaban J connectivity index is 2.20. The maximum Gasteiger partial charge on any atom is 0.419 e. The highest BCUT2D eigenvalue weighted by Crippen LogP contribution is 2.33. The molecule has 10 heteroatoms. The van der Waals surface area contributed by atoms with Crippen LogP contribution < -0.4 is 16.4 Å². The van der Waals surface area contributed by atoms with Crippen molar-refractivity contribution in [2.24, 2.45) is 5.73 Å². The van der Waals surface area contributed by atoms with E-state index in [0.29, 0.717) is 31.4 Å². The van der Waals surface area contributed by atoms with Crippen LogP contribution >= 0.6 is 11.6 Å². The van der Waals surface area contributed by atoms with E-state index in [1.54, 1.807) is 0 Å². The summed E-state index contributed by atoms with van der Waals surface area (Å²) < 4.78 is 51.4. The van der Waals surface area contributed by atoms with Gasteiger partial charge in [0.2, 0.25) is 5.95 Å². The fourth-order valence-corrected chi connectivity index (χ4v) is 1.97. The summed E-state index contributed by atoms with van der Waals surface area (Å²) >= 11 is 5.94. The Kier molecular flexibility index (Phi) is 5.79. The molecule has 2 rings (SSSR count). The van der Waals surface area contributed by atoms with Crippen LogP contribution in [0, 0.1) is 5.82 Å². The zero-order chi connectivity index (χ0) is 17.7. The monoisotopic (exact) mass is 363 g/mol. The molecular formula is C14H14ClF4N5. The van der Waals surface area contributed by atoms with Gasteiger partial charge < -0.3 is 16.4 Å². The largest absolute Gasteiger partial charge is 0.419 e. The number of rotatable bonds is 6. The van der Waals surface area contributed by atoms with Gasteiger partial charge in [0.25, 0.3) is 0 Å². The van der Waals surface area contributed by atoms with Crippen LogP contribution in [0.3, 0.4) is 0 Å². The Hall–Kier alpha value is -2.13. The molecule has 0 aliphatic rings. The van der Waals surface area contributed by atoms with E-state index in [2.05, 4.69) is 20.6 Å². The fraction of sp³-hybridized carbons (Fsp3) is 0.286. The summed E-state index contributed by atoms with van der Waals surface area (Å²) in [5.41, 5.74) is 4.01. The van der Waals surface area contributed by atoms with Crippen molar-refractivity contribution in [3.63, 3.8) is 0 Å². The molecule has 0 saturated heterocycles. The second-order valence-corrected chi connectivity index (χ2v) is 5.18. The van der Waals surface area contributed by atoms with E-state index in [9.17, 15) is 17.6 Å². The number of hydrogen-bond donors (Lipinski definition) is 3. The summed E-state index contributed by atoms with van der Waals surface area (Å²) in [5, 5.41) is 5.79. The van der Waals surface area contributed by atoms with Crippen LogP contribution in [0.4, 0.5) is 35.0 Å². The van der Waals surface area contributed by atoms with Gasteiger partial charge in [-0.25, -0.2) is 9.37 Å². The minimum atomic E-state index is -4.79. The van der Waals surface area contributed by atoms with Crippen molar-refractivity contribution in [2.45, 2.75) is 12.6 Å². The summed E-state index contributed by atoms with van der Waals surface area (Å²) in [6.07, 6.45) is -2.80. The van der Waals surface area contributed by atoms with E-state index in [-0.39, 0.29) is 16.7 Å². The van der Waals surface area contributed by atoms with Crippen LogP contribution in [0.15, 0.2) is 24.4 Å². The molecule has 0 aliphatic carbocycles. The van der Waals surface area contributed by atoms with Crippen LogP contribution in [0.5, 0.6) is 0 Å². The molecule has 0 amide bonds. The average Bonchev–Trinajstić information content (AvgIpc) is 2.51. The molecule has 2 aromatic rings. The third-order valence-electron chi connectivity index (χ3n) is 2.95. The number of benzene rings is 1. The zero-order valence-electron chi connectivity index (χ0n) is 12.3. The number of hydrogen-bond acceptors (Lipinski definition) is 5. The van der Waals surface area contributed by atoms with Crippen molar-refractivity contribution < 1.29 is 17.6 Å². The van der Waals surface area contributed by atoms with Gasteiger partial charge in [-0.15, -0.1) is 0 Å². The van der Waals surface area contributed by atoms with Gasteiger partial charge >= 0.3 is 6.18 Å². The lowest BCUT2D eigenvalue weighted by Gasteiger charge is -2.12. The smallest absolute Gasteiger partial charge is 0.369 e. The summed E-state index contributed by atoms with van der Waals surface area (Å²) in [4.78, 5) is 7.96. The molecule has 0 atom stereocenters. The third-order valence-corrected chi connectivity index (χ3v) is 3.22. The molecule has 5 nitrogen and oxygen atoms in total. The van der Waals surface area contributed by atoms with Crippen LogP contribution in [0.2, 0.25) is 5.02 Å². The number of aromatic nitrogens is 2. The van der Waals surface area contributed by atoms with E-state index in [0.717, 1.165) is 12.1 Å². The molecule has 130 valence electrons. The lowest BCUT2D eigenvalue weighted by atomic mass is 10.2. The highest BCUT2D eigenvalue weighted by atomic mass is 35.5. The van der Waals surface area contributed by atoms with Gasteiger partial charge in [0, 0.05) is 12.2 Å². The molecule has 4 N–H and O–H groups in total. The van der Waals surface area contributed by atoms with Gasteiger partial charge in [0.1, 0.15) is 16.7 Å². The zero-order valence-corrected chi connectivity index (χ0v) is 13.0. The second kappa shape index (κ2) is 7.63. The number of nitrogens with one attached hydrogen (secondary N) is 2. The molecule has 0 unspecified atom stereocenters. The molecule has 0 aliphatic heterocycles. The van der Waals surface area contributed by atoms with Crippen molar-refractivity contribution in [3.8, 4) is 0 Å². The Bertz CT molecular complexity index is 708. The standard InChI is InChI=1S/C14H14ClF4N5/c15-10-7-22-13(24-12(10)21-5-1-4-20)23-8-2-3-11(16)9(6-8)14(17,18)19/h2-3,6-7H,1,4-5,20H2,(H2,21,22,23,24). The number of halogens is 5. The first-order valence-electron chi connectivity index (χ1n) is 6.91. The van der Waals surface area contributed by atoms with E-state index in [1.807, 2.05) is 0 Å². The molecule has 1 aromatic heterocycles. The minimum absolute atomic E-state index is 0.000967. The first-order valence-corrected chi connectivity index (χ1v) is 7.29. The maximum atomic E-state index is 13.3. The summed E-state index contributed by atoms with van der Waals surface area (Å²) in [6.45, 7) is 1.01. The Morgan fingerprint density at radius 3 is 2.67 bits per heavy atom. The third kappa shape index (κ3) is 4.68. The molecule has 1 heterocycles. The maximum absolute atomic E-state index is 13.3. The molecule has 24 heavy (non-hydrogen) atoms. The van der Waals surface area contributed by atoms with Crippen molar-refractivity contribution >= 4 is 29.1 Å². The molecule has 0 spiro atoms. The SMILES string of the molecule is NCCCNc1nc(Nc2ccc(F)c(C(F)(F)F)c2)ncc1Cl. The molecule has 0 bridgehead atoms. The second-order valence-electron chi connectivity index (χ2n) is 4.78. The van der Waals surface area contributed by atoms with Crippen molar-refractivity contribution in [1.82, 2.24) is 9.97 Å². The quantitative estimate of drug-likeness (QED) is 0.537. The number of alkyl halides is 3. The normalized spacial score (nSPS) is 11.4. The molecule has 0 radical (unpaired) electrons. The first-order chi connectivity index (χ1) is 11.3. The number of nitrogens with zero attached hydrogens (tertiary/aromatic N) is 2. The molecule has 0 saturated carbocycles. The summed E-state index contributed by atoms with van der Waals surface area (Å²) in [5.74, 6) is -1.01. The molecule has 0 fully saturated rings. The van der Waals surface area contributed by atoms with Gasteiger partial charge in [-0.2, -0.15) is 18.2 Å². The Labute approximate surface area is 140 Å². The van der Waals surface area contributed by atoms with E-state index in [4.69, 9.17) is 17.3 Å². The lowest BCUT2D eigenvalue weighted by Crippen LogP contribution is -2.11. The highest BCUT2D eigenvalue weighted by Gasteiger charge is 2.34. The van der Waals surface area contributed by atoms with Crippen molar-refractivity contribution in [2.75, 3.05) is 23.7 Å². The highest BCUT2D eigenvalue weighted by molar-refractivity contribution is 6.32. The summed E-state index contributed by atoms with van der Waals surface area (Å²) in [6, 6.07) is 2.53. The average molecular weight is 364 g/mol. The van der Waals surface area contributed by atoms with E-state index < -0.39 is 17.6 Å². The molecule has 1 aromatic carbocycles. The Morgan fingerprint density at radius 2 is 2.00 bits per heavy atom. The predicted molar refractivity (Wildman–Crippen MR) is 83.9 cm³/mol. The predicted octanol–water partition coefficient (Wildman–Crippen LogP) is 3.79. The Morgan fingerprint density at radius 1 is 1.25 bits per heavy atom. The van der Waals surface area contributed by atoms with Crippen LogP contribution in [-0.2, 0) is 6.18 Å². The van der Waals surface area contributed by atoms with Gasteiger partial charge in [-0.3, -0.25) is 0 Å². The van der Waals surface area contributed by atoms with Crippen LogP contribution in [0.1, 0.15) is 12.0 Å². The first kappa shape index (κ1) is 18.2. The van der Waals surface area contributed by atoms with Crippen molar-refractivity contribution in [1.29, 1.82) is 0 Å².